The van der Waals surface area contributed by atoms with E-state index in [9.17, 15) is 0 Å². The van der Waals surface area contributed by atoms with Crippen LogP contribution >= 0.6 is 0 Å². The maximum atomic E-state index is 6.15. The van der Waals surface area contributed by atoms with Crippen LogP contribution in [0.2, 0.25) is 0 Å². The fraction of sp³-hybridized carbons (Fsp3) is 0.800. The van der Waals surface area contributed by atoms with Crippen molar-refractivity contribution in [2.45, 2.75) is 63.5 Å². The number of hydrogen-bond acceptors (Lipinski definition) is 4. The van der Waals surface area contributed by atoms with Gasteiger partial charge in [-0.3, -0.25) is 11.3 Å². The van der Waals surface area contributed by atoms with Gasteiger partial charge < -0.3 is 9.30 Å². The van der Waals surface area contributed by atoms with Crippen molar-refractivity contribution < 1.29 is 4.74 Å². The van der Waals surface area contributed by atoms with E-state index in [1.807, 2.05) is 19.4 Å². The van der Waals surface area contributed by atoms with Gasteiger partial charge in [0.05, 0.1) is 11.6 Å². The van der Waals surface area contributed by atoms with E-state index in [0.717, 1.165) is 38.1 Å². The molecule has 5 heteroatoms. The summed E-state index contributed by atoms with van der Waals surface area (Å²) in [5.74, 6) is 6.94. The molecule has 114 valence electrons. The van der Waals surface area contributed by atoms with Crippen molar-refractivity contribution in [1.29, 1.82) is 0 Å². The van der Waals surface area contributed by atoms with Crippen LogP contribution in [-0.2, 0) is 18.2 Å². The smallest absolute Gasteiger partial charge is 0.108 e. The predicted molar refractivity (Wildman–Crippen MR) is 80.1 cm³/mol. The molecule has 2 rings (SSSR count). The number of nitrogens with two attached hydrogens (primary N) is 1. The Morgan fingerprint density at radius 3 is 2.75 bits per heavy atom. The molecule has 1 fully saturated rings. The third-order valence-corrected chi connectivity index (χ3v) is 4.55. The number of ether oxygens (including phenoxy) is 1. The van der Waals surface area contributed by atoms with Crippen LogP contribution in [0.15, 0.2) is 12.4 Å². The fourth-order valence-corrected chi connectivity index (χ4v) is 3.44. The van der Waals surface area contributed by atoms with Gasteiger partial charge in [0.1, 0.15) is 5.82 Å². The van der Waals surface area contributed by atoms with Gasteiger partial charge in [-0.15, -0.1) is 0 Å². The lowest BCUT2D eigenvalue weighted by Gasteiger charge is -2.43. The summed E-state index contributed by atoms with van der Waals surface area (Å²) in [4.78, 5) is 4.39. The van der Waals surface area contributed by atoms with Crippen LogP contribution in [0.4, 0.5) is 0 Å². The zero-order valence-electron chi connectivity index (χ0n) is 12.8. The van der Waals surface area contributed by atoms with Gasteiger partial charge in [0, 0.05) is 32.5 Å². The number of hydrazine groups is 1. The van der Waals surface area contributed by atoms with Crippen LogP contribution < -0.4 is 11.3 Å². The Balaban J connectivity index is 2.02. The van der Waals surface area contributed by atoms with E-state index in [1.54, 1.807) is 0 Å². The van der Waals surface area contributed by atoms with Crippen LogP contribution in [0.3, 0.4) is 0 Å². The third-order valence-electron chi connectivity index (χ3n) is 4.55. The molecule has 1 aliphatic rings. The highest BCUT2D eigenvalue weighted by Gasteiger charge is 2.40. The molecule has 1 aromatic rings. The molecule has 1 atom stereocenters. The molecule has 1 saturated carbocycles. The van der Waals surface area contributed by atoms with Gasteiger partial charge in [-0.1, -0.05) is 19.3 Å². The second-order valence-corrected chi connectivity index (χ2v) is 5.77. The molecule has 0 aliphatic heterocycles. The van der Waals surface area contributed by atoms with Crippen LogP contribution in [0, 0.1) is 0 Å². The van der Waals surface area contributed by atoms with Crippen molar-refractivity contribution in [3.05, 3.63) is 18.2 Å². The highest BCUT2D eigenvalue weighted by molar-refractivity contribution is 4.98. The summed E-state index contributed by atoms with van der Waals surface area (Å²) < 4.78 is 8.23. The lowest BCUT2D eigenvalue weighted by atomic mass is 9.77. The van der Waals surface area contributed by atoms with E-state index in [4.69, 9.17) is 10.6 Å². The van der Waals surface area contributed by atoms with Gasteiger partial charge in [-0.05, 0) is 26.2 Å². The minimum Gasteiger partial charge on any atom is -0.374 e. The average Bonchev–Trinajstić information content (AvgIpc) is 2.86. The van der Waals surface area contributed by atoms with Gasteiger partial charge in [0.15, 0.2) is 0 Å². The van der Waals surface area contributed by atoms with Crippen molar-refractivity contribution in [3.63, 3.8) is 0 Å². The summed E-state index contributed by atoms with van der Waals surface area (Å²) in [6.45, 7) is 2.82. The molecular formula is C15H28N4O. The molecule has 1 aliphatic carbocycles. The standard InChI is InChI=1S/C15H28N4O/c1-3-20-15(9-5-4-6-10-15)13(18-16)7-8-14-17-11-12-19(14)2/h11-13,18H,3-10,16H2,1-2H3. The second-order valence-electron chi connectivity index (χ2n) is 5.77. The topological polar surface area (TPSA) is 65.1 Å². The molecular weight excluding hydrogens is 252 g/mol. The number of hydrogen-bond donors (Lipinski definition) is 2. The second kappa shape index (κ2) is 7.20. The SMILES string of the molecule is CCOC1(C(CCc2nccn2C)NN)CCCCC1. The van der Waals surface area contributed by atoms with Crippen LogP contribution in [0.5, 0.6) is 0 Å². The highest BCUT2D eigenvalue weighted by Crippen LogP contribution is 2.35. The highest BCUT2D eigenvalue weighted by atomic mass is 16.5. The first-order chi connectivity index (χ1) is 9.72. The van der Waals surface area contributed by atoms with Gasteiger partial charge in [0.25, 0.3) is 0 Å². The summed E-state index contributed by atoms with van der Waals surface area (Å²) in [7, 11) is 2.03. The van der Waals surface area contributed by atoms with Crippen molar-refractivity contribution in [1.82, 2.24) is 15.0 Å². The Morgan fingerprint density at radius 2 is 2.20 bits per heavy atom. The van der Waals surface area contributed by atoms with Gasteiger partial charge in [0.2, 0.25) is 0 Å². The Kier molecular flexibility index (Phi) is 5.57. The van der Waals surface area contributed by atoms with E-state index < -0.39 is 0 Å². The molecule has 0 amide bonds. The number of imidazole rings is 1. The molecule has 3 N–H and O–H groups in total. The molecule has 20 heavy (non-hydrogen) atoms. The molecule has 0 radical (unpaired) electrons. The van der Waals surface area contributed by atoms with Gasteiger partial charge >= 0.3 is 0 Å². The third kappa shape index (κ3) is 3.40. The number of aromatic nitrogens is 2. The zero-order valence-corrected chi connectivity index (χ0v) is 12.8. The molecule has 5 nitrogen and oxygen atoms in total. The lowest BCUT2D eigenvalue weighted by Crippen LogP contribution is -2.56. The first-order valence-electron chi connectivity index (χ1n) is 7.78. The van der Waals surface area contributed by atoms with E-state index in [-0.39, 0.29) is 11.6 Å². The van der Waals surface area contributed by atoms with E-state index in [1.165, 1.54) is 19.3 Å². The van der Waals surface area contributed by atoms with Crippen molar-refractivity contribution in [2.24, 2.45) is 12.9 Å². The van der Waals surface area contributed by atoms with Crippen LogP contribution in [-0.4, -0.2) is 27.8 Å². The molecule has 1 aromatic heterocycles. The monoisotopic (exact) mass is 280 g/mol. The zero-order chi connectivity index (χ0) is 14.4. The van der Waals surface area contributed by atoms with Crippen molar-refractivity contribution in [3.8, 4) is 0 Å². The Labute approximate surface area is 121 Å². The molecule has 1 heterocycles. The van der Waals surface area contributed by atoms with Crippen molar-refractivity contribution >= 4 is 0 Å². The number of aryl methyl sites for hydroxylation is 2. The number of rotatable bonds is 7. The van der Waals surface area contributed by atoms with Crippen molar-refractivity contribution in [2.75, 3.05) is 6.61 Å². The van der Waals surface area contributed by atoms with Gasteiger partial charge in [-0.25, -0.2) is 4.98 Å². The van der Waals surface area contributed by atoms with E-state index in [2.05, 4.69) is 21.9 Å². The quantitative estimate of drug-likeness (QED) is 0.591. The van der Waals surface area contributed by atoms with Crippen LogP contribution in [0.1, 0.15) is 51.3 Å². The van der Waals surface area contributed by atoms with E-state index >= 15 is 0 Å². The minimum atomic E-state index is -0.0904. The maximum absolute atomic E-state index is 6.15. The first kappa shape index (κ1) is 15.5. The fourth-order valence-electron chi connectivity index (χ4n) is 3.44. The summed E-state index contributed by atoms with van der Waals surface area (Å²) in [5, 5.41) is 0. The summed E-state index contributed by atoms with van der Waals surface area (Å²) in [6, 6.07) is 0.194. The molecule has 0 aromatic carbocycles. The summed E-state index contributed by atoms with van der Waals surface area (Å²) in [6.07, 6.45) is 11.7. The minimum absolute atomic E-state index is 0.0904. The molecule has 0 spiro atoms. The molecule has 0 bridgehead atoms. The number of nitrogens with zero attached hydrogens (tertiary/aromatic N) is 2. The predicted octanol–water partition coefficient (Wildman–Crippen LogP) is 1.92. The first-order valence-corrected chi connectivity index (χ1v) is 7.78. The Bertz CT molecular complexity index is 393. The maximum Gasteiger partial charge on any atom is 0.108 e. The largest absolute Gasteiger partial charge is 0.374 e. The Morgan fingerprint density at radius 1 is 1.45 bits per heavy atom. The molecule has 0 saturated heterocycles. The average molecular weight is 280 g/mol. The number of nitrogens with one attached hydrogen (secondary N) is 1. The lowest BCUT2D eigenvalue weighted by molar-refractivity contribution is -0.0915. The Hall–Kier alpha value is -0.910. The van der Waals surface area contributed by atoms with Crippen LogP contribution in [0.25, 0.3) is 0 Å². The normalized spacial score (nSPS) is 19.9. The molecule has 1 unspecified atom stereocenters. The summed E-state index contributed by atoms with van der Waals surface area (Å²) >= 11 is 0. The summed E-state index contributed by atoms with van der Waals surface area (Å²) in [5.41, 5.74) is 2.93. The van der Waals surface area contributed by atoms with E-state index in [0.29, 0.717) is 0 Å². The van der Waals surface area contributed by atoms with Gasteiger partial charge in [-0.2, -0.15) is 0 Å².